The minimum absolute atomic E-state index is 0.0216. The molecule has 0 unspecified atom stereocenters. The average molecular weight is 286 g/mol. The summed E-state index contributed by atoms with van der Waals surface area (Å²) in [6.45, 7) is 2.98. The molecular weight excluding hydrogens is 256 g/mol. The van der Waals surface area contributed by atoms with Gasteiger partial charge in [0.25, 0.3) is 0 Å². The van der Waals surface area contributed by atoms with E-state index in [1.54, 1.807) is 14.2 Å². The lowest BCUT2D eigenvalue weighted by molar-refractivity contribution is -0.135. The monoisotopic (exact) mass is 286 g/mol. The lowest BCUT2D eigenvalue weighted by atomic mass is 9.71. The molecule has 5 heteroatoms. The Morgan fingerprint density at radius 1 is 1.10 bits per heavy atom. The van der Waals surface area contributed by atoms with Gasteiger partial charge in [-0.3, -0.25) is 4.79 Å². The number of hydrogen-bond acceptors (Lipinski definition) is 4. The lowest BCUT2D eigenvalue weighted by Crippen LogP contribution is -2.42. The first-order chi connectivity index (χ1) is 9.67. The molecule has 5 nitrogen and oxygen atoms in total. The molecule has 20 heavy (non-hydrogen) atoms. The van der Waals surface area contributed by atoms with Gasteiger partial charge < -0.3 is 20.1 Å². The molecular formula is C15H30N2O3. The number of ether oxygens (including phenoxy) is 2. The minimum Gasteiger partial charge on any atom is -0.383 e. The zero-order valence-electron chi connectivity index (χ0n) is 13.0. The average Bonchev–Trinajstić information content (AvgIpc) is 2.48. The third-order valence-electron chi connectivity index (χ3n) is 4.36. The molecule has 0 heterocycles. The van der Waals surface area contributed by atoms with Crippen LogP contribution < -0.4 is 5.73 Å². The molecule has 1 aliphatic carbocycles. The number of methoxy groups -OCH3 is 2. The number of hydrogen-bond donors (Lipinski definition) is 1. The standard InChI is InChI=1S/C15H30N2O3/c1-19-10-8-17(9-11-20-2)14(18)12-15(13-16)6-4-3-5-7-15/h3-13,16H2,1-2H3. The third-order valence-corrected chi connectivity index (χ3v) is 4.36. The summed E-state index contributed by atoms with van der Waals surface area (Å²) in [7, 11) is 3.31. The highest BCUT2D eigenvalue weighted by atomic mass is 16.5. The molecule has 118 valence electrons. The predicted octanol–water partition coefficient (Wildman–Crippen LogP) is 1.41. The first-order valence-electron chi connectivity index (χ1n) is 7.63. The molecule has 0 aromatic rings. The van der Waals surface area contributed by atoms with Gasteiger partial charge in [-0.1, -0.05) is 19.3 Å². The summed E-state index contributed by atoms with van der Waals surface area (Å²) in [6.07, 6.45) is 6.39. The van der Waals surface area contributed by atoms with Gasteiger partial charge in [-0.2, -0.15) is 0 Å². The highest BCUT2D eigenvalue weighted by molar-refractivity contribution is 5.77. The van der Waals surface area contributed by atoms with Crippen LogP contribution in [0.15, 0.2) is 0 Å². The fourth-order valence-electron chi connectivity index (χ4n) is 2.95. The van der Waals surface area contributed by atoms with Crippen LogP contribution in [0, 0.1) is 5.41 Å². The van der Waals surface area contributed by atoms with Gasteiger partial charge in [0.2, 0.25) is 5.91 Å². The van der Waals surface area contributed by atoms with E-state index in [1.807, 2.05) is 4.90 Å². The van der Waals surface area contributed by atoms with Gasteiger partial charge in [-0.15, -0.1) is 0 Å². The first-order valence-corrected chi connectivity index (χ1v) is 7.63. The van der Waals surface area contributed by atoms with E-state index in [9.17, 15) is 4.79 Å². The molecule has 2 N–H and O–H groups in total. The van der Waals surface area contributed by atoms with Crippen LogP contribution >= 0.6 is 0 Å². The van der Waals surface area contributed by atoms with Crippen molar-refractivity contribution in [1.82, 2.24) is 4.90 Å². The molecule has 0 aromatic carbocycles. The Balaban J connectivity index is 2.57. The molecule has 1 aliphatic rings. The molecule has 1 rings (SSSR count). The molecule has 0 aromatic heterocycles. The number of nitrogens with two attached hydrogens (primary N) is 1. The first kappa shape index (κ1) is 17.4. The van der Waals surface area contributed by atoms with Crippen molar-refractivity contribution in [2.24, 2.45) is 11.1 Å². The van der Waals surface area contributed by atoms with Crippen LogP contribution in [0.1, 0.15) is 38.5 Å². The Morgan fingerprint density at radius 2 is 1.65 bits per heavy atom. The SMILES string of the molecule is COCCN(CCOC)C(=O)CC1(CN)CCCCC1. The topological polar surface area (TPSA) is 64.8 Å². The van der Waals surface area contributed by atoms with Crippen molar-refractivity contribution >= 4 is 5.91 Å². The molecule has 0 aliphatic heterocycles. The summed E-state index contributed by atoms with van der Waals surface area (Å²) in [5.41, 5.74) is 5.99. The number of rotatable bonds is 9. The van der Waals surface area contributed by atoms with E-state index in [2.05, 4.69) is 0 Å². The fourth-order valence-corrected chi connectivity index (χ4v) is 2.95. The van der Waals surface area contributed by atoms with Crippen molar-refractivity contribution in [3.63, 3.8) is 0 Å². The maximum Gasteiger partial charge on any atom is 0.223 e. The van der Waals surface area contributed by atoms with Crippen molar-refractivity contribution in [2.75, 3.05) is 47.1 Å². The third kappa shape index (κ3) is 5.38. The number of amides is 1. The second-order valence-corrected chi connectivity index (χ2v) is 5.81. The lowest BCUT2D eigenvalue weighted by Gasteiger charge is -2.37. The Hall–Kier alpha value is -0.650. The molecule has 0 atom stereocenters. The summed E-state index contributed by atoms with van der Waals surface area (Å²) < 4.78 is 10.2. The quantitative estimate of drug-likeness (QED) is 0.696. The van der Waals surface area contributed by atoms with Crippen LogP contribution in [0.3, 0.4) is 0 Å². The Bertz CT molecular complexity index is 270. The van der Waals surface area contributed by atoms with E-state index in [4.69, 9.17) is 15.2 Å². The van der Waals surface area contributed by atoms with Gasteiger partial charge >= 0.3 is 0 Å². The minimum atomic E-state index is 0.0216. The van der Waals surface area contributed by atoms with E-state index >= 15 is 0 Å². The number of nitrogens with zero attached hydrogens (tertiary/aromatic N) is 1. The maximum absolute atomic E-state index is 12.5. The largest absolute Gasteiger partial charge is 0.383 e. The van der Waals surface area contributed by atoms with Crippen molar-refractivity contribution in [3.05, 3.63) is 0 Å². The zero-order valence-corrected chi connectivity index (χ0v) is 13.0. The van der Waals surface area contributed by atoms with Gasteiger partial charge in [0.15, 0.2) is 0 Å². The summed E-state index contributed by atoms with van der Waals surface area (Å²) >= 11 is 0. The zero-order chi connectivity index (χ0) is 14.8. The summed E-state index contributed by atoms with van der Waals surface area (Å²) in [5.74, 6) is 0.187. The van der Waals surface area contributed by atoms with Crippen molar-refractivity contribution < 1.29 is 14.3 Å². The fraction of sp³-hybridized carbons (Fsp3) is 0.933. The Morgan fingerprint density at radius 3 is 2.10 bits per heavy atom. The second-order valence-electron chi connectivity index (χ2n) is 5.81. The van der Waals surface area contributed by atoms with E-state index in [0.29, 0.717) is 39.3 Å². The highest BCUT2D eigenvalue weighted by Crippen LogP contribution is 2.38. The predicted molar refractivity (Wildman–Crippen MR) is 79.5 cm³/mol. The highest BCUT2D eigenvalue weighted by Gasteiger charge is 2.34. The van der Waals surface area contributed by atoms with E-state index in [1.165, 1.54) is 19.3 Å². The van der Waals surface area contributed by atoms with Crippen LogP contribution in [0.25, 0.3) is 0 Å². The molecule has 0 saturated heterocycles. The van der Waals surface area contributed by atoms with Gasteiger partial charge in [0, 0.05) is 33.7 Å². The van der Waals surface area contributed by atoms with Crippen LogP contribution in [0.2, 0.25) is 0 Å². The molecule has 1 saturated carbocycles. The van der Waals surface area contributed by atoms with Gasteiger partial charge in [0.05, 0.1) is 13.2 Å². The summed E-state index contributed by atoms with van der Waals surface area (Å²) in [4.78, 5) is 14.4. The summed E-state index contributed by atoms with van der Waals surface area (Å²) in [5, 5.41) is 0. The van der Waals surface area contributed by atoms with Gasteiger partial charge in [0.1, 0.15) is 0 Å². The Labute approximate surface area is 122 Å². The van der Waals surface area contributed by atoms with Crippen LogP contribution in [0.4, 0.5) is 0 Å². The number of carbonyl (C=O) groups excluding carboxylic acids is 1. The van der Waals surface area contributed by atoms with E-state index in [0.717, 1.165) is 12.8 Å². The number of carbonyl (C=O) groups is 1. The van der Waals surface area contributed by atoms with Gasteiger partial charge in [-0.05, 0) is 24.8 Å². The van der Waals surface area contributed by atoms with Crippen LogP contribution in [-0.4, -0.2) is 57.9 Å². The van der Waals surface area contributed by atoms with Crippen molar-refractivity contribution in [2.45, 2.75) is 38.5 Å². The molecule has 0 bridgehead atoms. The second kappa shape index (κ2) is 9.32. The molecule has 0 radical (unpaired) electrons. The molecule has 1 amide bonds. The van der Waals surface area contributed by atoms with E-state index < -0.39 is 0 Å². The van der Waals surface area contributed by atoms with Crippen molar-refractivity contribution in [3.8, 4) is 0 Å². The molecule has 0 spiro atoms. The van der Waals surface area contributed by atoms with Crippen molar-refractivity contribution in [1.29, 1.82) is 0 Å². The normalized spacial score (nSPS) is 17.9. The molecule has 1 fully saturated rings. The van der Waals surface area contributed by atoms with Crippen LogP contribution in [0.5, 0.6) is 0 Å². The smallest absolute Gasteiger partial charge is 0.223 e. The Kier molecular flexibility index (Phi) is 8.11. The van der Waals surface area contributed by atoms with Gasteiger partial charge in [-0.25, -0.2) is 0 Å². The van der Waals surface area contributed by atoms with Crippen LogP contribution in [-0.2, 0) is 14.3 Å². The van der Waals surface area contributed by atoms with E-state index in [-0.39, 0.29) is 11.3 Å². The maximum atomic E-state index is 12.5. The summed E-state index contributed by atoms with van der Waals surface area (Å²) in [6, 6.07) is 0.